The Morgan fingerprint density at radius 3 is 2.74 bits per heavy atom. The maximum atomic E-state index is 12.5. The molecule has 0 aromatic carbocycles. The largest absolute Gasteiger partial charge is 0.384 e. The normalized spacial score (nSPS) is 11.6. The molecule has 4 heteroatoms. The molecule has 1 aromatic rings. The van der Waals surface area contributed by atoms with Crippen molar-refractivity contribution < 1.29 is 9.90 Å². The van der Waals surface area contributed by atoms with Crippen LogP contribution in [0.3, 0.4) is 0 Å². The number of amides is 1. The first-order valence-corrected chi connectivity index (χ1v) is 7.37. The molecule has 0 saturated heterocycles. The Hall–Kier alpha value is -1.31. The van der Waals surface area contributed by atoms with Crippen LogP contribution in [-0.2, 0) is 0 Å². The van der Waals surface area contributed by atoms with Crippen molar-refractivity contribution in [3.05, 3.63) is 21.4 Å². The van der Waals surface area contributed by atoms with E-state index in [9.17, 15) is 4.79 Å². The highest BCUT2D eigenvalue weighted by molar-refractivity contribution is 7.14. The molecule has 19 heavy (non-hydrogen) atoms. The van der Waals surface area contributed by atoms with Crippen LogP contribution in [0.5, 0.6) is 0 Å². The van der Waals surface area contributed by atoms with E-state index in [1.54, 1.807) is 0 Å². The average molecular weight is 279 g/mol. The van der Waals surface area contributed by atoms with Gasteiger partial charge in [-0.05, 0) is 38.8 Å². The third-order valence-electron chi connectivity index (χ3n) is 3.13. The topological polar surface area (TPSA) is 40.5 Å². The highest BCUT2D eigenvalue weighted by Gasteiger charge is 2.21. The Labute approximate surface area is 119 Å². The van der Waals surface area contributed by atoms with Gasteiger partial charge < -0.3 is 10.0 Å². The molecule has 1 amide bonds. The number of aryl methyl sites for hydroxylation is 1. The lowest BCUT2D eigenvalue weighted by Gasteiger charge is -2.26. The molecule has 104 valence electrons. The van der Waals surface area contributed by atoms with Crippen molar-refractivity contribution in [2.75, 3.05) is 13.2 Å². The van der Waals surface area contributed by atoms with E-state index in [1.807, 2.05) is 24.8 Å². The molecule has 1 heterocycles. The van der Waals surface area contributed by atoms with Gasteiger partial charge in [0.2, 0.25) is 0 Å². The van der Waals surface area contributed by atoms with E-state index in [2.05, 4.69) is 25.7 Å². The SMILES string of the molecule is CCC(C)N(CC)C(=O)c1cc(C)c(C#CCO)s1. The second-order valence-electron chi connectivity index (χ2n) is 4.43. The fourth-order valence-corrected chi connectivity index (χ4v) is 2.85. The zero-order valence-electron chi connectivity index (χ0n) is 12.0. The van der Waals surface area contributed by atoms with Gasteiger partial charge in [0.15, 0.2) is 0 Å². The summed E-state index contributed by atoms with van der Waals surface area (Å²) >= 11 is 1.40. The number of rotatable bonds is 4. The van der Waals surface area contributed by atoms with Crippen molar-refractivity contribution in [2.45, 2.75) is 40.2 Å². The third kappa shape index (κ3) is 3.82. The van der Waals surface area contributed by atoms with Crippen LogP contribution in [0.25, 0.3) is 0 Å². The quantitative estimate of drug-likeness (QED) is 0.861. The maximum Gasteiger partial charge on any atom is 0.264 e. The summed E-state index contributed by atoms with van der Waals surface area (Å²) in [6.45, 7) is 8.63. The zero-order valence-corrected chi connectivity index (χ0v) is 12.8. The lowest BCUT2D eigenvalue weighted by molar-refractivity contribution is 0.0705. The lowest BCUT2D eigenvalue weighted by atomic mass is 10.2. The molecule has 0 saturated carbocycles. The predicted octanol–water partition coefficient (Wildman–Crippen LogP) is 2.66. The average Bonchev–Trinajstić information content (AvgIpc) is 2.78. The van der Waals surface area contributed by atoms with Crippen LogP contribution in [-0.4, -0.2) is 35.1 Å². The molecule has 0 aliphatic heterocycles. The molecule has 1 unspecified atom stereocenters. The van der Waals surface area contributed by atoms with E-state index in [4.69, 9.17) is 5.11 Å². The molecule has 3 nitrogen and oxygen atoms in total. The van der Waals surface area contributed by atoms with Crippen molar-refractivity contribution in [2.24, 2.45) is 0 Å². The predicted molar refractivity (Wildman–Crippen MR) is 79.5 cm³/mol. The van der Waals surface area contributed by atoms with Gasteiger partial charge in [-0.2, -0.15) is 0 Å². The van der Waals surface area contributed by atoms with Crippen LogP contribution in [0, 0.1) is 18.8 Å². The van der Waals surface area contributed by atoms with Gasteiger partial charge in [0, 0.05) is 12.6 Å². The van der Waals surface area contributed by atoms with E-state index in [1.165, 1.54) is 11.3 Å². The highest BCUT2D eigenvalue weighted by atomic mass is 32.1. The molecular formula is C15H21NO2S. The van der Waals surface area contributed by atoms with Crippen LogP contribution in [0.15, 0.2) is 6.07 Å². The van der Waals surface area contributed by atoms with Crippen LogP contribution >= 0.6 is 11.3 Å². The van der Waals surface area contributed by atoms with Crippen molar-refractivity contribution in [3.63, 3.8) is 0 Å². The van der Waals surface area contributed by atoms with Crippen LogP contribution in [0.2, 0.25) is 0 Å². The summed E-state index contributed by atoms with van der Waals surface area (Å²) in [7, 11) is 0. The van der Waals surface area contributed by atoms with Crippen LogP contribution < -0.4 is 0 Å². The lowest BCUT2D eigenvalue weighted by Crippen LogP contribution is -2.37. The number of aliphatic hydroxyl groups excluding tert-OH is 1. The van der Waals surface area contributed by atoms with E-state index < -0.39 is 0 Å². The second-order valence-corrected chi connectivity index (χ2v) is 5.48. The van der Waals surface area contributed by atoms with Crippen LogP contribution in [0.1, 0.15) is 47.3 Å². The number of carbonyl (C=O) groups is 1. The van der Waals surface area contributed by atoms with Crippen LogP contribution in [0.4, 0.5) is 0 Å². The third-order valence-corrected chi connectivity index (χ3v) is 4.27. The molecule has 1 rings (SSSR count). The molecule has 0 aliphatic carbocycles. The molecule has 1 aromatic heterocycles. The molecule has 1 atom stereocenters. The van der Waals surface area contributed by atoms with Crippen molar-refractivity contribution in [3.8, 4) is 11.8 Å². The number of nitrogens with zero attached hydrogens (tertiary/aromatic N) is 1. The minimum atomic E-state index is -0.158. The first-order valence-electron chi connectivity index (χ1n) is 6.56. The van der Waals surface area contributed by atoms with Gasteiger partial charge in [-0.3, -0.25) is 4.79 Å². The number of thiophene rings is 1. The fourth-order valence-electron chi connectivity index (χ4n) is 1.85. The number of carbonyl (C=O) groups excluding carboxylic acids is 1. The molecule has 0 radical (unpaired) electrons. The van der Waals surface area contributed by atoms with E-state index in [0.29, 0.717) is 6.54 Å². The molecule has 0 fully saturated rings. The van der Waals surface area contributed by atoms with E-state index in [-0.39, 0.29) is 18.6 Å². The van der Waals surface area contributed by atoms with Gasteiger partial charge in [0.05, 0.1) is 9.75 Å². The van der Waals surface area contributed by atoms with Crippen molar-refractivity contribution in [1.82, 2.24) is 4.90 Å². The van der Waals surface area contributed by atoms with E-state index >= 15 is 0 Å². The van der Waals surface area contributed by atoms with Gasteiger partial charge in [-0.1, -0.05) is 18.8 Å². The minimum Gasteiger partial charge on any atom is -0.384 e. The Morgan fingerprint density at radius 1 is 1.53 bits per heavy atom. The van der Waals surface area contributed by atoms with Gasteiger partial charge in [-0.25, -0.2) is 0 Å². The molecular weight excluding hydrogens is 258 g/mol. The van der Waals surface area contributed by atoms with Crippen molar-refractivity contribution in [1.29, 1.82) is 0 Å². The smallest absolute Gasteiger partial charge is 0.264 e. The molecule has 0 aliphatic rings. The van der Waals surface area contributed by atoms with E-state index in [0.717, 1.165) is 21.7 Å². The summed E-state index contributed by atoms with van der Waals surface area (Å²) in [6.07, 6.45) is 0.946. The summed E-state index contributed by atoms with van der Waals surface area (Å²) in [4.78, 5) is 15.9. The first kappa shape index (κ1) is 15.7. The minimum absolute atomic E-state index is 0.0713. The fraction of sp³-hybridized carbons (Fsp3) is 0.533. The Morgan fingerprint density at radius 2 is 2.21 bits per heavy atom. The molecule has 0 spiro atoms. The zero-order chi connectivity index (χ0) is 14.4. The summed E-state index contributed by atoms with van der Waals surface area (Å²) in [5, 5.41) is 8.72. The molecule has 1 N–H and O–H groups in total. The van der Waals surface area contributed by atoms with Crippen molar-refractivity contribution >= 4 is 17.2 Å². The second kappa shape index (κ2) is 7.32. The number of aliphatic hydroxyl groups is 1. The number of hydrogen-bond donors (Lipinski definition) is 1. The summed E-state index contributed by atoms with van der Waals surface area (Å²) < 4.78 is 0. The highest BCUT2D eigenvalue weighted by Crippen LogP contribution is 2.23. The standard InChI is InChI=1S/C15H21NO2S/c1-5-12(4)16(6-2)15(18)14-10-11(3)13(19-14)8-7-9-17/h10,12,17H,5-6,9H2,1-4H3. The Balaban J connectivity index is 2.99. The van der Waals surface area contributed by atoms with Gasteiger partial charge in [0.25, 0.3) is 5.91 Å². The van der Waals surface area contributed by atoms with Gasteiger partial charge >= 0.3 is 0 Å². The first-order chi connectivity index (χ1) is 9.04. The van der Waals surface area contributed by atoms with Gasteiger partial charge in [0.1, 0.15) is 6.61 Å². The summed E-state index contributed by atoms with van der Waals surface area (Å²) in [6, 6.07) is 2.13. The summed E-state index contributed by atoms with van der Waals surface area (Å²) in [5.74, 6) is 5.58. The molecule has 0 bridgehead atoms. The maximum absolute atomic E-state index is 12.5. The number of hydrogen-bond acceptors (Lipinski definition) is 3. The Kier molecular flexibility index (Phi) is 6.07. The summed E-state index contributed by atoms with van der Waals surface area (Å²) in [5.41, 5.74) is 0.995. The monoisotopic (exact) mass is 279 g/mol. The Bertz CT molecular complexity index is 496. The van der Waals surface area contributed by atoms with Gasteiger partial charge in [-0.15, -0.1) is 11.3 Å².